The lowest BCUT2D eigenvalue weighted by Crippen LogP contribution is -2.14. The molecular formula is C18H18ClF3NO4PS. The third-order valence-electron chi connectivity index (χ3n) is 3.44. The van der Waals surface area contributed by atoms with E-state index in [4.69, 9.17) is 37.0 Å². The highest BCUT2D eigenvalue weighted by molar-refractivity contribution is 8.07. The second-order valence-corrected chi connectivity index (χ2v) is 8.92. The van der Waals surface area contributed by atoms with Crippen LogP contribution < -0.4 is 9.84 Å². The minimum atomic E-state index is -4.47. The van der Waals surface area contributed by atoms with Gasteiger partial charge in [0.25, 0.3) is 5.91 Å². The molecule has 0 fully saturated rings. The van der Waals surface area contributed by atoms with E-state index in [1.165, 1.54) is 18.2 Å². The van der Waals surface area contributed by atoms with Crippen molar-refractivity contribution < 1.29 is 31.5 Å². The summed E-state index contributed by atoms with van der Waals surface area (Å²) in [6, 6.07) is 8.34. The van der Waals surface area contributed by atoms with Gasteiger partial charge in [-0.3, -0.25) is 13.8 Å². The molecule has 0 aliphatic carbocycles. The predicted octanol–water partition coefficient (Wildman–Crippen LogP) is 6.29. The van der Waals surface area contributed by atoms with Crippen LogP contribution in [-0.2, 0) is 27.0 Å². The fourth-order valence-corrected chi connectivity index (χ4v) is 4.48. The molecule has 0 heterocycles. The lowest BCUT2D eigenvalue weighted by Gasteiger charge is -2.22. The van der Waals surface area contributed by atoms with E-state index >= 15 is 0 Å². The number of carbonyl (C=O) groups excluding carboxylic acids is 1. The normalized spacial score (nSPS) is 11.9. The van der Waals surface area contributed by atoms with Gasteiger partial charge in [0.1, 0.15) is 5.75 Å². The Morgan fingerprint density at radius 3 is 2.21 bits per heavy atom. The van der Waals surface area contributed by atoms with Crippen molar-refractivity contribution in [2.24, 2.45) is 0 Å². The maximum Gasteiger partial charge on any atom is 0.416 e. The highest BCUT2D eigenvalue weighted by atomic mass is 35.5. The molecule has 11 heteroatoms. The van der Waals surface area contributed by atoms with Crippen molar-refractivity contribution in [3.63, 3.8) is 0 Å². The SMILES string of the molecule is CCOP(=S)(OCC)Oc1ccc(Cl)cc1C(=O)Nc1ccc(C(F)(F)F)cc1. The lowest BCUT2D eigenvalue weighted by atomic mass is 10.1. The van der Waals surface area contributed by atoms with Crippen LogP contribution in [0.25, 0.3) is 0 Å². The number of rotatable bonds is 8. The molecule has 2 aromatic rings. The molecule has 0 aromatic heterocycles. The Morgan fingerprint density at radius 2 is 1.69 bits per heavy atom. The fraction of sp³-hybridized carbons (Fsp3) is 0.278. The maximum atomic E-state index is 12.7. The van der Waals surface area contributed by atoms with E-state index < -0.39 is 24.4 Å². The molecule has 0 unspecified atom stereocenters. The van der Waals surface area contributed by atoms with Gasteiger partial charge in [-0.05, 0) is 56.3 Å². The number of nitrogens with one attached hydrogen (secondary N) is 1. The van der Waals surface area contributed by atoms with Crippen LogP contribution in [0, 0.1) is 0 Å². The average Bonchev–Trinajstić information content (AvgIpc) is 2.63. The largest absolute Gasteiger partial charge is 0.423 e. The summed E-state index contributed by atoms with van der Waals surface area (Å²) in [6.45, 7) is 0.802. The van der Waals surface area contributed by atoms with Crippen molar-refractivity contribution in [3.05, 3.63) is 58.6 Å². The Morgan fingerprint density at radius 1 is 1.10 bits per heavy atom. The number of benzene rings is 2. The van der Waals surface area contributed by atoms with Gasteiger partial charge in [-0.15, -0.1) is 0 Å². The third kappa shape index (κ3) is 6.69. The van der Waals surface area contributed by atoms with Gasteiger partial charge < -0.3 is 9.84 Å². The first-order chi connectivity index (χ1) is 13.6. The first-order valence-corrected chi connectivity index (χ1v) is 11.4. The smallest absolute Gasteiger partial charge is 0.416 e. The summed E-state index contributed by atoms with van der Waals surface area (Å²) < 4.78 is 54.6. The molecule has 0 bridgehead atoms. The lowest BCUT2D eigenvalue weighted by molar-refractivity contribution is -0.137. The molecule has 0 atom stereocenters. The molecule has 0 radical (unpaired) electrons. The zero-order chi connectivity index (χ0) is 21.7. The zero-order valence-electron chi connectivity index (χ0n) is 15.5. The minimum absolute atomic E-state index is 0.0334. The Bertz CT molecular complexity index is 899. The number of amides is 1. The molecule has 2 aromatic carbocycles. The summed E-state index contributed by atoms with van der Waals surface area (Å²) in [4.78, 5) is 12.7. The molecule has 29 heavy (non-hydrogen) atoms. The van der Waals surface area contributed by atoms with Gasteiger partial charge in [0, 0.05) is 22.5 Å². The van der Waals surface area contributed by atoms with E-state index in [9.17, 15) is 18.0 Å². The van der Waals surface area contributed by atoms with Gasteiger partial charge >= 0.3 is 12.9 Å². The van der Waals surface area contributed by atoms with Crippen LogP contribution >= 0.6 is 18.3 Å². The Balaban J connectivity index is 2.28. The second-order valence-electron chi connectivity index (χ2n) is 5.54. The fourth-order valence-electron chi connectivity index (χ4n) is 2.23. The van der Waals surface area contributed by atoms with Gasteiger partial charge in [0.15, 0.2) is 0 Å². The molecule has 0 aliphatic heterocycles. The number of alkyl halides is 3. The summed E-state index contributed by atoms with van der Waals surface area (Å²) in [5.74, 6) is -0.555. The first-order valence-electron chi connectivity index (χ1n) is 8.45. The van der Waals surface area contributed by atoms with Gasteiger partial charge in [-0.25, -0.2) is 0 Å². The minimum Gasteiger partial charge on any atom is -0.423 e. The first kappa shape index (κ1) is 23.6. The summed E-state index contributed by atoms with van der Waals surface area (Å²) in [6.07, 6.45) is -4.47. The van der Waals surface area contributed by atoms with E-state index in [1.807, 2.05) is 0 Å². The van der Waals surface area contributed by atoms with Crippen LogP contribution in [0.4, 0.5) is 18.9 Å². The standard InChI is InChI=1S/C18H18ClF3NO4PS/c1-3-25-28(29,26-4-2)27-16-10-7-13(19)11-15(16)17(24)23-14-8-5-12(6-9-14)18(20,21)22/h5-11H,3-4H2,1-2H3,(H,23,24). The van der Waals surface area contributed by atoms with Crippen LogP contribution in [0.3, 0.4) is 0 Å². The van der Waals surface area contributed by atoms with Crippen molar-refractivity contribution in [1.82, 2.24) is 0 Å². The number of halogens is 4. The van der Waals surface area contributed by atoms with Crippen LogP contribution in [0.1, 0.15) is 29.8 Å². The predicted molar refractivity (Wildman–Crippen MR) is 109 cm³/mol. The Labute approximate surface area is 176 Å². The molecule has 1 N–H and O–H groups in total. The van der Waals surface area contributed by atoms with E-state index in [1.54, 1.807) is 13.8 Å². The van der Waals surface area contributed by atoms with E-state index in [0.717, 1.165) is 24.3 Å². The number of anilines is 1. The number of carbonyl (C=O) groups is 1. The summed E-state index contributed by atoms with van der Waals surface area (Å²) in [5, 5.41) is 2.77. The molecule has 0 saturated carbocycles. The second kappa shape index (κ2) is 9.91. The number of hydrogen-bond donors (Lipinski definition) is 1. The highest BCUT2D eigenvalue weighted by Crippen LogP contribution is 2.50. The van der Waals surface area contributed by atoms with Gasteiger partial charge in [-0.1, -0.05) is 11.6 Å². The van der Waals surface area contributed by atoms with Crippen LogP contribution in [0.2, 0.25) is 5.02 Å². The summed E-state index contributed by atoms with van der Waals surface area (Å²) in [5.41, 5.74) is -0.620. The van der Waals surface area contributed by atoms with Gasteiger partial charge in [-0.2, -0.15) is 13.2 Å². The monoisotopic (exact) mass is 467 g/mol. The van der Waals surface area contributed by atoms with Crippen LogP contribution in [0.5, 0.6) is 5.75 Å². The van der Waals surface area contributed by atoms with Crippen molar-refractivity contribution in [1.29, 1.82) is 0 Å². The van der Waals surface area contributed by atoms with Crippen LogP contribution in [-0.4, -0.2) is 19.1 Å². The number of hydrogen-bond acceptors (Lipinski definition) is 5. The van der Waals surface area contributed by atoms with Crippen molar-refractivity contribution in [2.75, 3.05) is 18.5 Å². The van der Waals surface area contributed by atoms with Crippen LogP contribution in [0.15, 0.2) is 42.5 Å². The third-order valence-corrected chi connectivity index (χ3v) is 6.10. The highest BCUT2D eigenvalue weighted by Gasteiger charge is 2.30. The van der Waals surface area contributed by atoms with Crippen molar-refractivity contribution in [3.8, 4) is 5.75 Å². The van der Waals surface area contributed by atoms with E-state index in [-0.39, 0.29) is 35.2 Å². The Kier molecular flexibility index (Phi) is 8.08. The molecule has 2 rings (SSSR count). The molecular weight excluding hydrogens is 450 g/mol. The molecule has 0 aliphatic rings. The zero-order valence-corrected chi connectivity index (χ0v) is 17.9. The molecule has 5 nitrogen and oxygen atoms in total. The van der Waals surface area contributed by atoms with Gasteiger partial charge in [0.05, 0.1) is 24.3 Å². The molecule has 0 saturated heterocycles. The van der Waals surface area contributed by atoms with E-state index in [0.29, 0.717) is 0 Å². The molecule has 158 valence electrons. The van der Waals surface area contributed by atoms with Gasteiger partial charge in [0.2, 0.25) is 0 Å². The summed E-state index contributed by atoms with van der Waals surface area (Å²) >= 11 is 11.3. The molecule has 1 amide bonds. The Hall–Kier alpha value is -1.64. The maximum absolute atomic E-state index is 12.7. The molecule has 0 spiro atoms. The topological polar surface area (TPSA) is 56.8 Å². The average molecular weight is 468 g/mol. The van der Waals surface area contributed by atoms with Crippen molar-refractivity contribution >= 4 is 41.7 Å². The quantitative estimate of drug-likeness (QED) is 0.462. The summed E-state index contributed by atoms with van der Waals surface area (Å²) in [7, 11) is 0. The van der Waals surface area contributed by atoms with E-state index in [2.05, 4.69) is 5.32 Å². The van der Waals surface area contributed by atoms with Crippen molar-refractivity contribution in [2.45, 2.75) is 20.0 Å².